The molecule has 0 saturated heterocycles. The monoisotopic (exact) mass is 258 g/mol. The van der Waals surface area contributed by atoms with E-state index >= 15 is 0 Å². The number of rotatable bonds is 2. The van der Waals surface area contributed by atoms with Crippen LogP contribution in [0.2, 0.25) is 0 Å². The summed E-state index contributed by atoms with van der Waals surface area (Å²) in [5, 5.41) is 0. The maximum Gasteiger partial charge on any atom is 0.185 e. The number of benzene rings is 2. The largest absolute Gasteiger partial charge is 0.320 e. The van der Waals surface area contributed by atoms with Crippen molar-refractivity contribution in [2.45, 2.75) is 0 Å². The Morgan fingerprint density at radius 1 is 0.900 bits per heavy atom. The molecule has 0 N–H and O–H groups in total. The highest BCUT2D eigenvalue weighted by Gasteiger charge is 2.16. The van der Waals surface area contributed by atoms with Crippen LogP contribution in [0, 0.1) is 12.3 Å². The first-order valence-electron chi connectivity index (χ1n) is 6.45. The first-order chi connectivity index (χ1) is 9.81. The molecule has 1 heterocycles. The van der Waals surface area contributed by atoms with E-state index in [-0.39, 0.29) is 0 Å². The van der Waals surface area contributed by atoms with Crippen LogP contribution < -0.4 is 0 Å². The quantitative estimate of drug-likeness (QED) is 0.640. The van der Waals surface area contributed by atoms with Gasteiger partial charge in [0.05, 0.1) is 11.4 Å². The van der Waals surface area contributed by atoms with E-state index in [1.807, 2.05) is 48.0 Å². The Bertz CT molecular complexity index is 762. The van der Waals surface area contributed by atoms with Crippen LogP contribution in [0.15, 0.2) is 60.7 Å². The van der Waals surface area contributed by atoms with Gasteiger partial charge < -0.3 is 4.57 Å². The molecule has 96 valence electrons. The van der Waals surface area contributed by atoms with Gasteiger partial charge in [0.2, 0.25) is 0 Å². The average Bonchev–Trinajstić information content (AvgIpc) is 2.86. The standard InChI is InChI=1S/C18H14N2/c1-3-16-19-17(14-10-6-4-7-11-14)18(20(16)2)15-12-8-5-9-13-15/h1,4-13H,2H3. The molecule has 0 amide bonds. The molecule has 0 atom stereocenters. The molecule has 0 fully saturated rings. The van der Waals surface area contributed by atoms with Crippen LogP contribution in [0.25, 0.3) is 22.5 Å². The molecule has 0 aliphatic carbocycles. The van der Waals surface area contributed by atoms with Crippen molar-refractivity contribution in [2.75, 3.05) is 0 Å². The highest BCUT2D eigenvalue weighted by atomic mass is 15.1. The molecule has 2 nitrogen and oxygen atoms in total. The molecular formula is C18H14N2. The highest BCUT2D eigenvalue weighted by molar-refractivity contribution is 5.79. The van der Waals surface area contributed by atoms with E-state index in [1.54, 1.807) is 0 Å². The molecule has 3 rings (SSSR count). The summed E-state index contributed by atoms with van der Waals surface area (Å²) in [5.74, 6) is 3.29. The van der Waals surface area contributed by atoms with Crippen LogP contribution in [-0.4, -0.2) is 9.55 Å². The van der Waals surface area contributed by atoms with E-state index in [2.05, 4.69) is 35.2 Å². The first kappa shape index (κ1) is 12.3. The van der Waals surface area contributed by atoms with Gasteiger partial charge in [0.25, 0.3) is 0 Å². The van der Waals surface area contributed by atoms with Gasteiger partial charge in [-0.15, -0.1) is 6.42 Å². The van der Waals surface area contributed by atoms with Gasteiger partial charge in [0, 0.05) is 18.2 Å². The number of hydrogen-bond donors (Lipinski definition) is 0. The van der Waals surface area contributed by atoms with Gasteiger partial charge in [-0.2, -0.15) is 0 Å². The predicted octanol–water partition coefficient (Wildman–Crippen LogP) is 3.74. The molecule has 3 aromatic rings. The minimum atomic E-state index is 0.641. The van der Waals surface area contributed by atoms with Gasteiger partial charge in [-0.05, 0) is 5.92 Å². The van der Waals surface area contributed by atoms with Crippen LogP contribution in [0.3, 0.4) is 0 Å². The molecule has 1 aromatic heterocycles. The van der Waals surface area contributed by atoms with Crippen LogP contribution in [-0.2, 0) is 7.05 Å². The zero-order valence-corrected chi connectivity index (χ0v) is 11.2. The zero-order chi connectivity index (χ0) is 13.9. The van der Waals surface area contributed by atoms with Crippen LogP contribution >= 0.6 is 0 Å². The van der Waals surface area contributed by atoms with Gasteiger partial charge in [0.1, 0.15) is 0 Å². The van der Waals surface area contributed by atoms with E-state index in [0.29, 0.717) is 5.82 Å². The van der Waals surface area contributed by atoms with Gasteiger partial charge in [0.15, 0.2) is 5.82 Å². The minimum Gasteiger partial charge on any atom is -0.320 e. The van der Waals surface area contributed by atoms with Crippen molar-refractivity contribution in [1.29, 1.82) is 0 Å². The van der Waals surface area contributed by atoms with Crippen molar-refractivity contribution in [2.24, 2.45) is 7.05 Å². The lowest BCUT2D eigenvalue weighted by molar-refractivity contribution is 0.901. The Balaban J connectivity index is 2.28. The number of hydrogen-bond acceptors (Lipinski definition) is 1. The molecule has 2 aromatic carbocycles. The van der Waals surface area contributed by atoms with Crippen LogP contribution in [0.5, 0.6) is 0 Å². The van der Waals surface area contributed by atoms with Crippen LogP contribution in [0.4, 0.5) is 0 Å². The Hall–Kier alpha value is -2.79. The minimum absolute atomic E-state index is 0.641. The Morgan fingerprint density at radius 3 is 2.00 bits per heavy atom. The van der Waals surface area contributed by atoms with Crippen molar-refractivity contribution in [3.05, 3.63) is 66.5 Å². The fourth-order valence-corrected chi connectivity index (χ4v) is 2.35. The second-order valence-corrected chi connectivity index (χ2v) is 4.57. The fourth-order valence-electron chi connectivity index (χ4n) is 2.35. The summed E-state index contributed by atoms with van der Waals surface area (Å²) in [6.07, 6.45) is 5.56. The molecule has 20 heavy (non-hydrogen) atoms. The van der Waals surface area contributed by atoms with Gasteiger partial charge in [-0.3, -0.25) is 0 Å². The van der Waals surface area contributed by atoms with E-state index in [1.165, 1.54) is 0 Å². The lowest BCUT2D eigenvalue weighted by atomic mass is 10.1. The lowest BCUT2D eigenvalue weighted by Crippen LogP contribution is -1.95. The van der Waals surface area contributed by atoms with Crippen molar-refractivity contribution in [3.8, 4) is 34.9 Å². The molecule has 0 bridgehead atoms. The number of imidazole rings is 1. The molecule has 0 aliphatic rings. The van der Waals surface area contributed by atoms with Crippen molar-refractivity contribution in [3.63, 3.8) is 0 Å². The summed E-state index contributed by atoms with van der Waals surface area (Å²) < 4.78 is 1.97. The van der Waals surface area contributed by atoms with Gasteiger partial charge >= 0.3 is 0 Å². The summed E-state index contributed by atoms with van der Waals surface area (Å²) in [6, 6.07) is 20.3. The summed E-state index contributed by atoms with van der Waals surface area (Å²) in [6.45, 7) is 0. The molecule has 0 spiro atoms. The third-order valence-electron chi connectivity index (χ3n) is 3.32. The van der Waals surface area contributed by atoms with Crippen LogP contribution in [0.1, 0.15) is 5.82 Å². The third-order valence-corrected chi connectivity index (χ3v) is 3.32. The Morgan fingerprint density at radius 2 is 1.45 bits per heavy atom. The molecule has 0 radical (unpaired) electrons. The molecule has 0 aliphatic heterocycles. The molecule has 0 saturated carbocycles. The van der Waals surface area contributed by atoms with E-state index in [9.17, 15) is 0 Å². The third kappa shape index (κ3) is 2.00. The highest BCUT2D eigenvalue weighted by Crippen LogP contribution is 2.31. The maximum absolute atomic E-state index is 5.56. The first-order valence-corrected chi connectivity index (χ1v) is 6.45. The molecular weight excluding hydrogens is 244 g/mol. The second kappa shape index (κ2) is 5.07. The predicted molar refractivity (Wildman–Crippen MR) is 82.0 cm³/mol. The van der Waals surface area contributed by atoms with Crippen molar-refractivity contribution in [1.82, 2.24) is 9.55 Å². The van der Waals surface area contributed by atoms with Crippen molar-refractivity contribution >= 4 is 0 Å². The Kier molecular flexibility index (Phi) is 3.10. The zero-order valence-electron chi connectivity index (χ0n) is 11.2. The summed E-state index contributed by atoms with van der Waals surface area (Å²) >= 11 is 0. The molecule has 0 unspecified atom stereocenters. The fraction of sp³-hybridized carbons (Fsp3) is 0.0556. The number of terminal acetylenes is 1. The molecule has 2 heteroatoms. The number of aromatic nitrogens is 2. The summed E-state index contributed by atoms with van der Waals surface area (Å²) in [4.78, 5) is 4.60. The summed E-state index contributed by atoms with van der Waals surface area (Å²) in [7, 11) is 1.96. The smallest absolute Gasteiger partial charge is 0.185 e. The van der Waals surface area contributed by atoms with E-state index in [4.69, 9.17) is 6.42 Å². The lowest BCUT2D eigenvalue weighted by Gasteiger charge is -2.06. The average molecular weight is 258 g/mol. The normalized spacial score (nSPS) is 10.2. The van der Waals surface area contributed by atoms with Gasteiger partial charge in [-0.1, -0.05) is 60.7 Å². The van der Waals surface area contributed by atoms with Gasteiger partial charge in [-0.25, -0.2) is 4.98 Å². The SMILES string of the molecule is C#Cc1nc(-c2ccccc2)c(-c2ccccc2)n1C. The maximum atomic E-state index is 5.56. The summed E-state index contributed by atoms with van der Waals surface area (Å²) in [5.41, 5.74) is 4.16. The Labute approximate surface area is 118 Å². The van der Waals surface area contributed by atoms with E-state index in [0.717, 1.165) is 22.5 Å². The topological polar surface area (TPSA) is 17.8 Å². The second-order valence-electron chi connectivity index (χ2n) is 4.57. The number of nitrogens with zero attached hydrogens (tertiary/aromatic N) is 2. The van der Waals surface area contributed by atoms with Crippen molar-refractivity contribution < 1.29 is 0 Å². The van der Waals surface area contributed by atoms with E-state index < -0.39 is 0 Å².